The van der Waals surface area contributed by atoms with Gasteiger partial charge in [0.2, 0.25) is 0 Å². The van der Waals surface area contributed by atoms with Gasteiger partial charge in [-0.3, -0.25) is 0 Å². The molecule has 0 radical (unpaired) electrons. The number of benzene rings is 1. The number of nitrogens with one attached hydrogen (secondary N) is 1. The van der Waals surface area contributed by atoms with E-state index >= 15 is 0 Å². The Labute approximate surface area is 97.5 Å². The molecule has 17 heavy (non-hydrogen) atoms. The fourth-order valence-corrected chi connectivity index (χ4v) is 1.42. The zero-order chi connectivity index (χ0) is 12.3. The van der Waals surface area contributed by atoms with Crippen LogP contribution in [0.4, 0.5) is 14.5 Å². The molecule has 1 aromatic carbocycles. The Kier molecular flexibility index (Phi) is 3.27. The van der Waals surface area contributed by atoms with Gasteiger partial charge in [0.1, 0.15) is 17.5 Å². The minimum absolute atomic E-state index is 0.126. The highest BCUT2D eigenvalue weighted by Crippen LogP contribution is 2.15. The molecule has 0 saturated carbocycles. The van der Waals surface area contributed by atoms with Crippen LogP contribution in [0, 0.1) is 18.6 Å². The van der Waals surface area contributed by atoms with Crippen molar-refractivity contribution in [2.24, 2.45) is 0 Å². The summed E-state index contributed by atoms with van der Waals surface area (Å²) in [6.07, 6.45) is 1.63. The van der Waals surface area contributed by atoms with Crippen LogP contribution in [0.15, 0.2) is 30.5 Å². The molecule has 0 aliphatic rings. The summed E-state index contributed by atoms with van der Waals surface area (Å²) in [6, 6.07) is 5.00. The third kappa shape index (κ3) is 2.96. The number of hydrogen-bond acceptors (Lipinski definition) is 3. The summed E-state index contributed by atoms with van der Waals surface area (Å²) in [5, 5.41) is 2.79. The van der Waals surface area contributed by atoms with E-state index < -0.39 is 11.6 Å². The van der Waals surface area contributed by atoms with E-state index in [-0.39, 0.29) is 5.69 Å². The van der Waals surface area contributed by atoms with Gasteiger partial charge in [-0.2, -0.15) is 0 Å². The molecule has 5 heteroatoms. The molecule has 1 heterocycles. The molecule has 0 amide bonds. The Hall–Kier alpha value is -2.04. The van der Waals surface area contributed by atoms with Gasteiger partial charge >= 0.3 is 0 Å². The van der Waals surface area contributed by atoms with Gasteiger partial charge in [-0.25, -0.2) is 18.7 Å². The van der Waals surface area contributed by atoms with Gasteiger partial charge in [-0.15, -0.1) is 0 Å². The number of aryl methyl sites for hydroxylation is 1. The molecule has 2 aromatic rings. The zero-order valence-electron chi connectivity index (χ0n) is 9.24. The maximum absolute atomic E-state index is 13.3. The molecule has 0 spiro atoms. The van der Waals surface area contributed by atoms with E-state index in [1.807, 2.05) is 0 Å². The van der Waals surface area contributed by atoms with Crippen LogP contribution < -0.4 is 5.32 Å². The Morgan fingerprint density at radius 2 is 2.06 bits per heavy atom. The Bertz CT molecular complexity index is 529. The molecular weight excluding hydrogens is 224 g/mol. The lowest BCUT2D eigenvalue weighted by atomic mass is 10.3. The average Bonchev–Trinajstić information content (AvgIpc) is 2.30. The first-order valence-electron chi connectivity index (χ1n) is 5.12. The van der Waals surface area contributed by atoms with Crippen molar-refractivity contribution in [3.8, 4) is 0 Å². The minimum atomic E-state index is -0.489. The molecule has 88 valence electrons. The van der Waals surface area contributed by atoms with E-state index in [4.69, 9.17) is 0 Å². The number of halogens is 2. The van der Waals surface area contributed by atoms with Crippen LogP contribution in [0.3, 0.4) is 0 Å². The first kappa shape index (κ1) is 11.4. The summed E-state index contributed by atoms with van der Waals surface area (Å²) in [4.78, 5) is 8.10. The molecule has 1 N–H and O–H groups in total. The van der Waals surface area contributed by atoms with Gasteiger partial charge in [0.15, 0.2) is 0 Å². The fraction of sp³-hybridized carbons (Fsp3) is 0.167. The standard InChI is InChI=1S/C12H11F2N3/c1-8-15-5-4-10(17-8)7-16-12-6-9(13)2-3-11(12)14/h2-6,16H,7H2,1H3. The van der Waals surface area contributed by atoms with E-state index in [0.29, 0.717) is 12.4 Å². The zero-order valence-corrected chi connectivity index (χ0v) is 9.24. The third-order valence-electron chi connectivity index (χ3n) is 2.22. The van der Waals surface area contributed by atoms with Crippen molar-refractivity contribution in [3.63, 3.8) is 0 Å². The van der Waals surface area contributed by atoms with Crippen molar-refractivity contribution < 1.29 is 8.78 Å². The number of anilines is 1. The van der Waals surface area contributed by atoms with Crippen LogP contribution >= 0.6 is 0 Å². The van der Waals surface area contributed by atoms with Gasteiger partial charge < -0.3 is 5.32 Å². The van der Waals surface area contributed by atoms with Crippen LogP contribution in [-0.2, 0) is 6.54 Å². The average molecular weight is 235 g/mol. The maximum Gasteiger partial charge on any atom is 0.146 e. The second kappa shape index (κ2) is 4.86. The molecule has 0 unspecified atom stereocenters. The molecule has 0 saturated heterocycles. The highest BCUT2D eigenvalue weighted by molar-refractivity contribution is 5.45. The Morgan fingerprint density at radius 1 is 1.24 bits per heavy atom. The first-order chi connectivity index (χ1) is 8.15. The van der Waals surface area contributed by atoms with Crippen LogP contribution in [0.1, 0.15) is 11.5 Å². The lowest BCUT2D eigenvalue weighted by molar-refractivity contribution is 0.602. The molecule has 1 aromatic heterocycles. The second-order valence-corrected chi connectivity index (χ2v) is 3.57. The van der Waals surface area contributed by atoms with Crippen LogP contribution in [-0.4, -0.2) is 9.97 Å². The molecule has 2 rings (SSSR count). The van der Waals surface area contributed by atoms with Crippen molar-refractivity contribution in [1.82, 2.24) is 9.97 Å². The lowest BCUT2D eigenvalue weighted by Crippen LogP contribution is -2.04. The van der Waals surface area contributed by atoms with Crippen LogP contribution in [0.2, 0.25) is 0 Å². The largest absolute Gasteiger partial charge is 0.377 e. The minimum Gasteiger partial charge on any atom is -0.377 e. The van der Waals surface area contributed by atoms with Crippen LogP contribution in [0.25, 0.3) is 0 Å². The van der Waals surface area contributed by atoms with E-state index in [2.05, 4.69) is 15.3 Å². The monoisotopic (exact) mass is 235 g/mol. The summed E-state index contributed by atoms with van der Waals surface area (Å²) in [5.41, 5.74) is 0.849. The summed E-state index contributed by atoms with van der Waals surface area (Å²) >= 11 is 0. The SMILES string of the molecule is Cc1nccc(CNc2cc(F)ccc2F)n1. The normalized spacial score (nSPS) is 10.3. The molecule has 0 bridgehead atoms. The molecule has 0 aliphatic heterocycles. The predicted octanol–water partition coefficient (Wildman–Crippen LogP) is 2.68. The van der Waals surface area contributed by atoms with Crippen molar-refractivity contribution in [3.05, 3.63) is 53.6 Å². The quantitative estimate of drug-likeness (QED) is 0.888. The number of nitrogens with zero attached hydrogens (tertiary/aromatic N) is 2. The van der Waals surface area contributed by atoms with E-state index in [0.717, 1.165) is 23.9 Å². The number of rotatable bonds is 3. The van der Waals surface area contributed by atoms with Gasteiger partial charge in [-0.1, -0.05) is 0 Å². The van der Waals surface area contributed by atoms with Crippen molar-refractivity contribution in [2.75, 3.05) is 5.32 Å². The van der Waals surface area contributed by atoms with E-state index in [1.54, 1.807) is 19.2 Å². The van der Waals surface area contributed by atoms with E-state index in [1.165, 1.54) is 0 Å². The molecule has 3 nitrogen and oxygen atoms in total. The number of hydrogen-bond donors (Lipinski definition) is 1. The van der Waals surface area contributed by atoms with Gasteiger partial charge in [0, 0.05) is 6.20 Å². The molecule has 0 aliphatic carbocycles. The smallest absolute Gasteiger partial charge is 0.146 e. The van der Waals surface area contributed by atoms with Gasteiger partial charge in [0.05, 0.1) is 17.9 Å². The second-order valence-electron chi connectivity index (χ2n) is 3.57. The third-order valence-corrected chi connectivity index (χ3v) is 2.22. The Balaban J connectivity index is 2.09. The summed E-state index contributed by atoms with van der Waals surface area (Å²) in [5.74, 6) is -0.325. The van der Waals surface area contributed by atoms with Gasteiger partial charge in [-0.05, 0) is 31.2 Å². The summed E-state index contributed by atoms with van der Waals surface area (Å²) in [7, 11) is 0. The molecule has 0 fully saturated rings. The van der Waals surface area contributed by atoms with Gasteiger partial charge in [0.25, 0.3) is 0 Å². The predicted molar refractivity (Wildman–Crippen MR) is 60.5 cm³/mol. The lowest BCUT2D eigenvalue weighted by Gasteiger charge is -2.07. The maximum atomic E-state index is 13.3. The highest BCUT2D eigenvalue weighted by Gasteiger charge is 2.03. The van der Waals surface area contributed by atoms with Crippen molar-refractivity contribution >= 4 is 5.69 Å². The number of aromatic nitrogens is 2. The van der Waals surface area contributed by atoms with E-state index in [9.17, 15) is 8.78 Å². The van der Waals surface area contributed by atoms with Crippen LogP contribution in [0.5, 0.6) is 0 Å². The Morgan fingerprint density at radius 3 is 2.82 bits per heavy atom. The summed E-state index contributed by atoms with van der Waals surface area (Å²) in [6.45, 7) is 2.09. The summed E-state index contributed by atoms with van der Waals surface area (Å²) < 4.78 is 26.2. The fourth-order valence-electron chi connectivity index (χ4n) is 1.42. The highest BCUT2D eigenvalue weighted by atomic mass is 19.1. The molecular formula is C12H11F2N3. The topological polar surface area (TPSA) is 37.8 Å². The molecule has 0 atom stereocenters. The van der Waals surface area contributed by atoms with Crippen molar-refractivity contribution in [2.45, 2.75) is 13.5 Å². The first-order valence-corrected chi connectivity index (χ1v) is 5.12. The van der Waals surface area contributed by atoms with Crippen molar-refractivity contribution in [1.29, 1.82) is 0 Å².